The summed E-state index contributed by atoms with van der Waals surface area (Å²) in [5, 5.41) is 11.3. The Hall–Kier alpha value is -1.57. The van der Waals surface area contributed by atoms with E-state index in [1.54, 1.807) is 0 Å². The Morgan fingerprint density at radius 2 is 1.80 bits per heavy atom. The Morgan fingerprint density at radius 3 is 2.40 bits per heavy atom. The Kier molecular flexibility index (Phi) is 5.40. The minimum atomic E-state index is -0.205. The van der Waals surface area contributed by atoms with Crippen LogP contribution < -0.4 is 5.32 Å². The van der Waals surface area contributed by atoms with Crippen molar-refractivity contribution in [1.82, 2.24) is 10.2 Å². The van der Waals surface area contributed by atoms with Gasteiger partial charge in [-0.15, -0.1) is 0 Å². The van der Waals surface area contributed by atoms with E-state index in [9.17, 15) is 9.59 Å². The summed E-state index contributed by atoms with van der Waals surface area (Å²) < 4.78 is 0. The summed E-state index contributed by atoms with van der Waals surface area (Å²) in [6.07, 6.45) is 7.15. The Bertz CT molecular complexity index is 388. The van der Waals surface area contributed by atoms with Gasteiger partial charge >= 0.3 is 0 Å². The molecular formula is C15H23N3O2. The average molecular weight is 277 g/mol. The predicted molar refractivity (Wildman–Crippen MR) is 74.5 cm³/mol. The number of amides is 2. The zero-order valence-electron chi connectivity index (χ0n) is 11.9. The van der Waals surface area contributed by atoms with E-state index >= 15 is 0 Å². The number of piperidine rings is 1. The van der Waals surface area contributed by atoms with Crippen LogP contribution in [0.15, 0.2) is 0 Å². The molecule has 20 heavy (non-hydrogen) atoms. The topological polar surface area (TPSA) is 73.2 Å². The molecule has 0 atom stereocenters. The van der Waals surface area contributed by atoms with Gasteiger partial charge in [-0.25, -0.2) is 0 Å². The van der Waals surface area contributed by atoms with Crippen LogP contribution in [0, 0.1) is 17.2 Å². The Morgan fingerprint density at radius 1 is 1.15 bits per heavy atom. The van der Waals surface area contributed by atoms with Gasteiger partial charge in [0.1, 0.15) is 6.42 Å². The minimum Gasteiger partial charge on any atom is -0.352 e. The number of hydrogen-bond acceptors (Lipinski definition) is 3. The summed E-state index contributed by atoms with van der Waals surface area (Å²) >= 11 is 0. The number of carbonyl (C=O) groups is 2. The molecule has 0 bridgehead atoms. The summed E-state index contributed by atoms with van der Waals surface area (Å²) in [6.45, 7) is 1.45. The van der Waals surface area contributed by atoms with Gasteiger partial charge in [-0.2, -0.15) is 5.26 Å². The molecule has 1 heterocycles. The summed E-state index contributed by atoms with van der Waals surface area (Å²) in [7, 11) is 0. The molecule has 0 unspecified atom stereocenters. The third-order valence-electron chi connectivity index (χ3n) is 4.39. The maximum absolute atomic E-state index is 12.2. The van der Waals surface area contributed by atoms with E-state index in [-0.39, 0.29) is 24.3 Å². The molecule has 1 saturated heterocycles. The molecule has 5 nitrogen and oxygen atoms in total. The van der Waals surface area contributed by atoms with Gasteiger partial charge in [0, 0.05) is 25.6 Å². The van der Waals surface area contributed by atoms with Crippen LogP contribution in [0.3, 0.4) is 0 Å². The number of nitrogens with one attached hydrogen (secondary N) is 1. The van der Waals surface area contributed by atoms with Crippen LogP contribution in [0.4, 0.5) is 0 Å². The molecule has 2 rings (SSSR count). The van der Waals surface area contributed by atoms with Gasteiger partial charge in [-0.05, 0) is 31.6 Å². The Labute approximate surface area is 120 Å². The zero-order valence-corrected chi connectivity index (χ0v) is 11.9. The molecule has 1 saturated carbocycles. The normalized spacial score (nSPS) is 20.6. The van der Waals surface area contributed by atoms with Gasteiger partial charge in [0.15, 0.2) is 0 Å². The van der Waals surface area contributed by atoms with Crippen LogP contribution in [0.25, 0.3) is 0 Å². The number of hydrogen-bond donors (Lipinski definition) is 1. The lowest BCUT2D eigenvalue weighted by Gasteiger charge is -2.33. The number of nitrogens with zero attached hydrogens (tertiary/aromatic N) is 2. The Balaban J connectivity index is 1.69. The largest absolute Gasteiger partial charge is 0.352 e. The first kappa shape index (κ1) is 14.8. The van der Waals surface area contributed by atoms with Crippen molar-refractivity contribution in [2.75, 3.05) is 13.1 Å². The highest BCUT2D eigenvalue weighted by Crippen LogP contribution is 2.28. The van der Waals surface area contributed by atoms with Crippen molar-refractivity contribution in [3.05, 3.63) is 0 Å². The molecule has 0 aromatic heterocycles. The fraction of sp³-hybridized carbons (Fsp3) is 0.800. The highest BCUT2D eigenvalue weighted by atomic mass is 16.2. The molecule has 0 aromatic carbocycles. The van der Waals surface area contributed by atoms with E-state index in [1.807, 2.05) is 11.0 Å². The fourth-order valence-electron chi connectivity index (χ4n) is 3.21. The summed E-state index contributed by atoms with van der Waals surface area (Å²) in [6, 6.07) is 1.96. The van der Waals surface area contributed by atoms with Crippen LogP contribution in [0.2, 0.25) is 0 Å². The molecule has 2 fully saturated rings. The minimum absolute atomic E-state index is 0.0825. The quantitative estimate of drug-likeness (QED) is 0.848. The molecular weight excluding hydrogens is 254 g/mol. The molecule has 1 aliphatic carbocycles. The summed E-state index contributed by atoms with van der Waals surface area (Å²) in [5.74, 6) is 0.664. The second-order valence-electron chi connectivity index (χ2n) is 5.91. The maximum atomic E-state index is 12.2. The maximum Gasteiger partial charge on any atom is 0.234 e. The van der Waals surface area contributed by atoms with Crippen LogP contribution in [0.5, 0.6) is 0 Å². The van der Waals surface area contributed by atoms with Crippen LogP contribution in [-0.4, -0.2) is 35.8 Å². The highest BCUT2D eigenvalue weighted by Gasteiger charge is 2.26. The smallest absolute Gasteiger partial charge is 0.234 e. The molecule has 1 N–H and O–H groups in total. The lowest BCUT2D eigenvalue weighted by atomic mass is 10.0. The first-order valence-corrected chi connectivity index (χ1v) is 7.63. The van der Waals surface area contributed by atoms with Gasteiger partial charge in [0.25, 0.3) is 0 Å². The lowest BCUT2D eigenvalue weighted by Crippen LogP contribution is -2.46. The molecule has 110 valence electrons. The van der Waals surface area contributed by atoms with Crippen molar-refractivity contribution < 1.29 is 9.59 Å². The fourth-order valence-corrected chi connectivity index (χ4v) is 3.21. The van der Waals surface area contributed by atoms with Crippen molar-refractivity contribution in [1.29, 1.82) is 5.26 Å². The van der Waals surface area contributed by atoms with Gasteiger partial charge in [-0.1, -0.05) is 12.8 Å². The number of rotatable bonds is 4. The van der Waals surface area contributed by atoms with Crippen LogP contribution >= 0.6 is 0 Å². The molecule has 2 aliphatic rings. The van der Waals surface area contributed by atoms with Crippen molar-refractivity contribution in [2.45, 2.75) is 57.4 Å². The van der Waals surface area contributed by atoms with E-state index in [2.05, 4.69) is 5.32 Å². The van der Waals surface area contributed by atoms with Gasteiger partial charge in [0.2, 0.25) is 11.8 Å². The van der Waals surface area contributed by atoms with E-state index in [0.29, 0.717) is 12.3 Å². The van der Waals surface area contributed by atoms with Crippen molar-refractivity contribution in [3.63, 3.8) is 0 Å². The third-order valence-corrected chi connectivity index (χ3v) is 4.39. The van der Waals surface area contributed by atoms with Crippen LogP contribution in [-0.2, 0) is 9.59 Å². The first-order valence-electron chi connectivity index (χ1n) is 7.63. The van der Waals surface area contributed by atoms with E-state index < -0.39 is 0 Å². The van der Waals surface area contributed by atoms with Gasteiger partial charge in [0.05, 0.1) is 6.07 Å². The zero-order chi connectivity index (χ0) is 14.4. The van der Waals surface area contributed by atoms with E-state index in [4.69, 9.17) is 5.26 Å². The molecule has 0 aromatic rings. The van der Waals surface area contributed by atoms with E-state index in [1.165, 1.54) is 25.7 Å². The highest BCUT2D eigenvalue weighted by molar-refractivity contribution is 5.78. The number of nitriles is 1. The average Bonchev–Trinajstić information content (AvgIpc) is 2.92. The third kappa shape index (κ3) is 4.22. The standard InChI is InChI=1S/C15H23N3O2/c16-8-5-14(19)17-13-6-9-18(10-7-13)15(20)11-12-3-1-2-4-12/h12-13H,1-7,9-11H2,(H,17,19). The van der Waals surface area contributed by atoms with Crippen molar-refractivity contribution in [2.24, 2.45) is 5.92 Å². The molecule has 2 amide bonds. The summed E-state index contributed by atoms with van der Waals surface area (Å²) in [5.41, 5.74) is 0. The predicted octanol–water partition coefficient (Wildman–Crippen LogP) is 1.59. The summed E-state index contributed by atoms with van der Waals surface area (Å²) in [4.78, 5) is 25.5. The van der Waals surface area contributed by atoms with Crippen LogP contribution in [0.1, 0.15) is 51.4 Å². The molecule has 0 spiro atoms. The lowest BCUT2D eigenvalue weighted by molar-refractivity contribution is -0.133. The first-order chi connectivity index (χ1) is 9.69. The van der Waals surface area contributed by atoms with Crippen molar-refractivity contribution >= 4 is 11.8 Å². The molecule has 1 aliphatic heterocycles. The SMILES string of the molecule is N#CCC(=O)NC1CCN(C(=O)CC2CCCC2)CC1. The van der Waals surface area contributed by atoms with Gasteiger partial charge in [-0.3, -0.25) is 9.59 Å². The molecule has 5 heteroatoms. The van der Waals surface area contributed by atoms with Gasteiger partial charge < -0.3 is 10.2 Å². The van der Waals surface area contributed by atoms with Crippen molar-refractivity contribution in [3.8, 4) is 6.07 Å². The second kappa shape index (κ2) is 7.28. The number of likely N-dealkylation sites (tertiary alicyclic amines) is 1. The number of carbonyl (C=O) groups excluding carboxylic acids is 2. The monoisotopic (exact) mass is 277 g/mol. The second-order valence-corrected chi connectivity index (χ2v) is 5.91. The van der Waals surface area contributed by atoms with E-state index in [0.717, 1.165) is 25.9 Å². The molecule has 0 radical (unpaired) electrons.